The first-order valence-electron chi connectivity index (χ1n) is 4.92. The lowest BCUT2D eigenvalue weighted by atomic mass is 10.2. The van der Waals surface area contributed by atoms with Crippen molar-refractivity contribution in [1.29, 1.82) is 0 Å². The van der Waals surface area contributed by atoms with E-state index in [0.29, 0.717) is 25.6 Å². The zero-order valence-corrected chi connectivity index (χ0v) is 10.0. The summed E-state index contributed by atoms with van der Waals surface area (Å²) in [4.78, 5) is 13.7. The Labute approximate surface area is 103 Å². The normalized spacial score (nSPS) is 21.1. The molecule has 2 rings (SSSR count). The number of morpholine rings is 1. The number of rotatable bonds is 2. The van der Waals surface area contributed by atoms with E-state index in [1.54, 1.807) is 17.0 Å². The fourth-order valence-corrected chi connectivity index (χ4v) is 2.02. The molecule has 0 N–H and O–H groups in total. The molecule has 2 heterocycles. The molecule has 1 aromatic heterocycles. The van der Waals surface area contributed by atoms with Crippen molar-refractivity contribution in [3.05, 3.63) is 23.1 Å². The zero-order valence-electron chi connectivity index (χ0n) is 8.49. The van der Waals surface area contributed by atoms with Gasteiger partial charge in [-0.05, 0) is 23.7 Å². The van der Waals surface area contributed by atoms with Crippen LogP contribution < -0.4 is 0 Å². The molecule has 1 fully saturated rings. The van der Waals surface area contributed by atoms with Gasteiger partial charge in [0.15, 0.2) is 11.0 Å². The molecular weight excluding hydrogens is 253 g/mol. The van der Waals surface area contributed by atoms with Crippen molar-refractivity contribution < 1.29 is 13.9 Å². The fraction of sp³-hybridized carbons (Fsp3) is 0.500. The van der Waals surface area contributed by atoms with E-state index in [1.807, 2.05) is 0 Å². The summed E-state index contributed by atoms with van der Waals surface area (Å²) in [5.74, 6) is 0.392. The molecule has 6 heteroatoms. The quantitative estimate of drug-likeness (QED) is 0.767. The summed E-state index contributed by atoms with van der Waals surface area (Å²) >= 11 is 11.4. The Balaban J connectivity index is 2.13. The molecule has 88 valence electrons. The van der Waals surface area contributed by atoms with Gasteiger partial charge in [-0.2, -0.15) is 0 Å². The van der Waals surface area contributed by atoms with Crippen LogP contribution in [0, 0.1) is 0 Å². The first-order valence-corrected chi connectivity index (χ1v) is 5.83. The van der Waals surface area contributed by atoms with Crippen LogP contribution in [-0.2, 0) is 4.74 Å². The van der Waals surface area contributed by atoms with E-state index < -0.39 is 0 Å². The maximum atomic E-state index is 12.0. The molecule has 0 aromatic carbocycles. The van der Waals surface area contributed by atoms with E-state index in [4.69, 9.17) is 32.4 Å². The third-order valence-electron chi connectivity index (χ3n) is 2.45. The third-order valence-corrected chi connectivity index (χ3v) is 3.01. The minimum absolute atomic E-state index is 0.105. The molecule has 0 spiro atoms. The Bertz CT molecular complexity index is 380. The first-order chi connectivity index (χ1) is 7.72. The lowest BCUT2D eigenvalue weighted by Gasteiger charge is -2.33. The Morgan fingerprint density at radius 1 is 1.56 bits per heavy atom. The number of carbonyl (C=O) groups is 1. The molecule has 0 bridgehead atoms. The molecule has 1 amide bonds. The average molecular weight is 264 g/mol. The third kappa shape index (κ3) is 2.34. The molecule has 1 aliphatic rings. The number of alkyl halides is 1. The fourth-order valence-electron chi connectivity index (χ4n) is 1.62. The lowest BCUT2D eigenvalue weighted by Crippen LogP contribution is -2.49. The van der Waals surface area contributed by atoms with Gasteiger partial charge in [0.05, 0.1) is 19.3 Å². The second-order valence-corrected chi connectivity index (χ2v) is 4.17. The van der Waals surface area contributed by atoms with Gasteiger partial charge in [0.25, 0.3) is 5.91 Å². The number of carbonyl (C=O) groups excluding carboxylic acids is 1. The molecular formula is C10H11Cl2NO3. The summed E-state index contributed by atoms with van der Waals surface area (Å²) in [6.45, 7) is 1.51. The second kappa shape index (κ2) is 5.08. The number of furan rings is 1. The van der Waals surface area contributed by atoms with Crippen LogP contribution in [0.3, 0.4) is 0 Å². The SMILES string of the molecule is O=C(c1ccc(Cl)o1)N1CCOCC1CCl. The second-order valence-electron chi connectivity index (χ2n) is 3.49. The summed E-state index contributed by atoms with van der Waals surface area (Å²) in [7, 11) is 0. The van der Waals surface area contributed by atoms with Crippen LogP contribution in [-0.4, -0.2) is 42.5 Å². The topological polar surface area (TPSA) is 42.7 Å². The van der Waals surface area contributed by atoms with Crippen LogP contribution in [0.5, 0.6) is 0 Å². The number of hydrogen-bond acceptors (Lipinski definition) is 3. The molecule has 0 radical (unpaired) electrons. The Hall–Kier alpha value is -0.710. The van der Waals surface area contributed by atoms with Crippen molar-refractivity contribution in [2.75, 3.05) is 25.6 Å². The number of hydrogen-bond donors (Lipinski definition) is 0. The molecule has 1 aliphatic heterocycles. The van der Waals surface area contributed by atoms with E-state index in [0.717, 1.165) is 0 Å². The average Bonchev–Trinajstić information content (AvgIpc) is 2.75. The molecule has 0 saturated carbocycles. The summed E-state index contributed by atoms with van der Waals surface area (Å²) in [6.07, 6.45) is 0. The predicted molar refractivity (Wildman–Crippen MR) is 60.1 cm³/mol. The van der Waals surface area contributed by atoms with Gasteiger partial charge in [-0.15, -0.1) is 11.6 Å². The van der Waals surface area contributed by atoms with Gasteiger partial charge in [-0.3, -0.25) is 4.79 Å². The largest absolute Gasteiger partial charge is 0.440 e. The van der Waals surface area contributed by atoms with E-state index >= 15 is 0 Å². The molecule has 16 heavy (non-hydrogen) atoms. The predicted octanol–water partition coefficient (Wildman–Crippen LogP) is 2.01. The van der Waals surface area contributed by atoms with Gasteiger partial charge in [-0.25, -0.2) is 0 Å². The van der Waals surface area contributed by atoms with Crippen LogP contribution >= 0.6 is 23.2 Å². The van der Waals surface area contributed by atoms with Crippen molar-refractivity contribution in [1.82, 2.24) is 4.90 Å². The smallest absolute Gasteiger partial charge is 0.290 e. The summed E-state index contributed by atoms with van der Waals surface area (Å²) in [5, 5.41) is 0.207. The lowest BCUT2D eigenvalue weighted by molar-refractivity contribution is 0.00293. The first kappa shape index (κ1) is 11.8. The van der Waals surface area contributed by atoms with E-state index in [9.17, 15) is 4.79 Å². The minimum Gasteiger partial charge on any atom is -0.440 e. The summed E-state index contributed by atoms with van der Waals surface area (Å²) in [5.41, 5.74) is 0. The van der Waals surface area contributed by atoms with Crippen molar-refractivity contribution in [3.63, 3.8) is 0 Å². The van der Waals surface area contributed by atoms with Crippen molar-refractivity contribution >= 4 is 29.1 Å². The Morgan fingerprint density at radius 2 is 2.38 bits per heavy atom. The molecule has 4 nitrogen and oxygen atoms in total. The van der Waals surface area contributed by atoms with Gasteiger partial charge in [-0.1, -0.05) is 0 Å². The van der Waals surface area contributed by atoms with Crippen LogP contribution in [0.25, 0.3) is 0 Å². The number of halogens is 2. The Morgan fingerprint density at radius 3 is 3.00 bits per heavy atom. The van der Waals surface area contributed by atoms with Crippen LogP contribution in [0.1, 0.15) is 10.6 Å². The summed E-state index contributed by atoms with van der Waals surface area (Å²) < 4.78 is 10.3. The highest BCUT2D eigenvalue weighted by molar-refractivity contribution is 6.29. The highest BCUT2D eigenvalue weighted by Gasteiger charge is 2.29. The minimum atomic E-state index is -0.194. The van der Waals surface area contributed by atoms with Crippen molar-refractivity contribution in [2.45, 2.75) is 6.04 Å². The van der Waals surface area contributed by atoms with Gasteiger partial charge in [0, 0.05) is 12.4 Å². The number of ether oxygens (including phenoxy) is 1. The molecule has 1 aromatic rings. The zero-order chi connectivity index (χ0) is 11.5. The van der Waals surface area contributed by atoms with Gasteiger partial charge in [0.2, 0.25) is 0 Å². The van der Waals surface area contributed by atoms with Gasteiger partial charge < -0.3 is 14.1 Å². The molecule has 1 unspecified atom stereocenters. The van der Waals surface area contributed by atoms with E-state index in [2.05, 4.69) is 0 Å². The maximum Gasteiger partial charge on any atom is 0.290 e. The number of amides is 1. The van der Waals surface area contributed by atoms with Crippen LogP contribution in [0.15, 0.2) is 16.5 Å². The monoisotopic (exact) mass is 263 g/mol. The van der Waals surface area contributed by atoms with Crippen molar-refractivity contribution in [3.8, 4) is 0 Å². The number of nitrogens with zero attached hydrogens (tertiary/aromatic N) is 1. The standard InChI is InChI=1S/C10H11Cl2NO3/c11-5-7-6-15-4-3-13(7)10(14)8-1-2-9(12)16-8/h1-2,7H,3-6H2. The molecule has 1 atom stereocenters. The summed E-state index contributed by atoms with van der Waals surface area (Å²) in [6, 6.07) is 3.00. The van der Waals surface area contributed by atoms with E-state index in [1.165, 1.54) is 0 Å². The highest BCUT2D eigenvalue weighted by Crippen LogP contribution is 2.18. The van der Waals surface area contributed by atoms with Crippen LogP contribution in [0.2, 0.25) is 5.22 Å². The highest BCUT2D eigenvalue weighted by atomic mass is 35.5. The maximum absolute atomic E-state index is 12.0. The Kier molecular flexibility index (Phi) is 3.74. The molecule has 0 aliphatic carbocycles. The van der Waals surface area contributed by atoms with E-state index in [-0.39, 0.29) is 22.9 Å². The molecule has 1 saturated heterocycles. The van der Waals surface area contributed by atoms with Gasteiger partial charge in [0.1, 0.15) is 0 Å². The van der Waals surface area contributed by atoms with Crippen LogP contribution in [0.4, 0.5) is 0 Å². The van der Waals surface area contributed by atoms with Crippen molar-refractivity contribution in [2.24, 2.45) is 0 Å². The van der Waals surface area contributed by atoms with Gasteiger partial charge >= 0.3 is 0 Å².